The Bertz CT molecular complexity index is 928. The second-order valence-corrected chi connectivity index (χ2v) is 10.0. The number of halogens is 1. The minimum absolute atomic E-state index is 0.211. The zero-order valence-electron chi connectivity index (χ0n) is 19.5. The van der Waals surface area contributed by atoms with Crippen molar-refractivity contribution in [1.82, 2.24) is 20.2 Å². The van der Waals surface area contributed by atoms with Crippen LogP contribution in [0.25, 0.3) is 0 Å². The van der Waals surface area contributed by atoms with Gasteiger partial charge in [-0.15, -0.1) is 0 Å². The summed E-state index contributed by atoms with van der Waals surface area (Å²) in [6, 6.07) is -1.24. The maximum atomic E-state index is 15.2. The average Bonchev–Trinajstić information content (AvgIpc) is 3.15. The van der Waals surface area contributed by atoms with E-state index in [9.17, 15) is 19.2 Å². The minimum Gasteiger partial charge on any atom is -0.444 e. The molecule has 3 N–H and O–H groups in total. The number of aryl methyl sites for hydroxylation is 1. The molecule has 1 atom stereocenters. The molecule has 0 radical (unpaired) electrons. The van der Waals surface area contributed by atoms with E-state index in [1.807, 2.05) is 0 Å². The summed E-state index contributed by atoms with van der Waals surface area (Å²) < 4.78 is 22.0. The fourth-order valence-corrected chi connectivity index (χ4v) is 3.96. The lowest BCUT2D eigenvalue weighted by Crippen LogP contribution is -2.56. The van der Waals surface area contributed by atoms with Crippen LogP contribution in [-0.4, -0.2) is 56.1 Å². The number of rotatable bonds is 8. The van der Waals surface area contributed by atoms with Gasteiger partial charge in [0.1, 0.15) is 22.9 Å². The van der Waals surface area contributed by atoms with Crippen LogP contribution in [0, 0.1) is 0 Å². The summed E-state index contributed by atoms with van der Waals surface area (Å²) in [7, 11) is 1.72. The van der Waals surface area contributed by atoms with Crippen LogP contribution in [0.1, 0.15) is 65.7 Å². The van der Waals surface area contributed by atoms with Crippen LogP contribution >= 0.6 is 0 Å². The molecule has 1 aromatic heterocycles. The first-order chi connectivity index (χ1) is 15.3. The van der Waals surface area contributed by atoms with Crippen LogP contribution in [0.4, 0.5) is 15.0 Å². The zero-order chi connectivity index (χ0) is 24.4. The van der Waals surface area contributed by atoms with Crippen LogP contribution in [0.3, 0.4) is 0 Å². The van der Waals surface area contributed by atoms with Gasteiger partial charge in [0.2, 0.25) is 11.7 Å². The molecule has 33 heavy (non-hydrogen) atoms. The van der Waals surface area contributed by atoms with E-state index in [-0.39, 0.29) is 25.1 Å². The maximum absolute atomic E-state index is 15.2. The van der Waals surface area contributed by atoms with E-state index >= 15 is 4.39 Å². The lowest BCUT2D eigenvalue weighted by molar-refractivity contribution is -0.138. The molecule has 1 aromatic rings. The molecule has 1 heterocycles. The molecule has 2 aliphatic rings. The van der Waals surface area contributed by atoms with Crippen LogP contribution < -0.4 is 16.0 Å². The highest BCUT2D eigenvalue weighted by Gasteiger charge is 2.54. The van der Waals surface area contributed by atoms with Gasteiger partial charge in [-0.3, -0.25) is 14.4 Å². The molecule has 2 saturated carbocycles. The summed E-state index contributed by atoms with van der Waals surface area (Å²) in [5.41, 5.74) is -3.76. The van der Waals surface area contributed by atoms with Gasteiger partial charge in [0, 0.05) is 19.7 Å². The van der Waals surface area contributed by atoms with Crippen molar-refractivity contribution in [3.63, 3.8) is 0 Å². The first kappa shape index (κ1) is 24.7. The maximum Gasteiger partial charge on any atom is 0.408 e. The first-order valence-corrected chi connectivity index (χ1v) is 11.2. The molecule has 11 heteroatoms. The number of ether oxygens (including phenoxy) is 1. The number of nitrogens with zero attached hydrogens (tertiary/aromatic N) is 2. The van der Waals surface area contributed by atoms with Crippen LogP contribution in [0.2, 0.25) is 0 Å². The second-order valence-electron chi connectivity index (χ2n) is 10.0. The number of carbonyl (C=O) groups is 4. The van der Waals surface area contributed by atoms with Crippen molar-refractivity contribution in [2.45, 2.75) is 88.6 Å². The number of alkyl halides is 1. The Balaban J connectivity index is 1.68. The van der Waals surface area contributed by atoms with Gasteiger partial charge in [-0.2, -0.15) is 0 Å². The number of anilines is 1. The molecule has 0 bridgehead atoms. The largest absolute Gasteiger partial charge is 0.444 e. The number of amides is 3. The highest BCUT2D eigenvalue weighted by atomic mass is 19.1. The fraction of sp³-hybridized carbons (Fsp3) is 0.682. The fourth-order valence-electron chi connectivity index (χ4n) is 3.96. The molecule has 0 aliphatic heterocycles. The summed E-state index contributed by atoms with van der Waals surface area (Å²) in [6.07, 6.45) is 4.45. The number of imidazole rings is 1. The standard InChI is InChI=1S/C22H32FN5O5/c1-20(2,3)33-19(32)25-14(11-21(23)7-5-6-8-21)17(30)27-22(9-10-22)16(29)18(31)26-15-12-28(4)13-24-15/h12-14H,5-11H2,1-4H3,(H,25,32)(H,26,31)(H,27,30)/t14-/m0/s1. The summed E-state index contributed by atoms with van der Waals surface area (Å²) in [6.45, 7) is 5.02. The monoisotopic (exact) mass is 465 g/mol. The van der Waals surface area contributed by atoms with E-state index < -0.39 is 46.5 Å². The van der Waals surface area contributed by atoms with Crippen molar-refractivity contribution >= 4 is 29.5 Å². The third-order valence-corrected chi connectivity index (χ3v) is 5.78. The van der Waals surface area contributed by atoms with E-state index in [0.717, 1.165) is 0 Å². The number of ketones is 1. The van der Waals surface area contributed by atoms with Gasteiger partial charge in [-0.25, -0.2) is 14.2 Å². The third-order valence-electron chi connectivity index (χ3n) is 5.78. The third kappa shape index (κ3) is 6.52. The first-order valence-electron chi connectivity index (χ1n) is 11.2. The van der Waals surface area contributed by atoms with Crippen molar-refractivity contribution in [1.29, 1.82) is 0 Å². The SMILES string of the molecule is Cn1cnc(NC(=O)C(=O)C2(NC(=O)[C@H](CC3(F)CCCC3)NC(=O)OC(C)(C)C)CC2)c1. The van der Waals surface area contributed by atoms with E-state index in [1.165, 1.54) is 12.5 Å². The molecule has 182 valence electrons. The lowest BCUT2D eigenvalue weighted by Gasteiger charge is -2.28. The smallest absolute Gasteiger partial charge is 0.408 e. The summed E-state index contributed by atoms with van der Waals surface area (Å²) in [5, 5.41) is 7.45. The van der Waals surface area contributed by atoms with Crippen LogP contribution in [0.5, 0.6) is 0 Å². The molecule has 2 aliphatic carbocycles. The molecular formula is C22H32FN5O5. The number of nitrogens with one attached hydrogen (secondary N) is 3. The molecule has 10 nitrogen and oxygen atoms in total. The van der Waals surface area contributed by atoms with Gasteiger partial charge in [0.05, 0.1) is 6.33 Å². The highest BCUT2D eigenvalue weighted by Crippen LogP contribution is 2.39. The normalized spacial score (nSPS) is 19.3. The second kappa shape index (κ2) is 9.11. The van der Waals surface area contributed by atoms with Gasteiger partial charge in [0.15, 0.2) is 5.82 Å². The van der Waals surface area contributed by atoms with Crippen LogP contribution in [-0.2, 0) is 26.2 Å². The molecule has 0 saturated heterocycles. The number of hydrogen-bond acceptors (Lipinski definition) is 6. The van der Waals surface area contributed by atoms with Crippen molar-refractivity contribution in [2.24, 2.45) is 7.05 Å². The van der Waals surface area contributed by atoms with Gasteiger partial charge in [0.25, 0.3) is 5.91 Å². The quantitative estimate of drug-likeness (QED) is 0.504. The number of Topliss-reactive ketones (excluding diaryl/α,β-unsaturated/α-hetero) is 1. The Morgan fingerprint density at radius 1 is 1.18 bits per heavy atom. The summed E-state index contributed by atoms with van der Waals surface area (Å²) in [5.74, 6) is -2.22. The van der Waals surface area contributed by atoms with Gasteiger partial charge < -0.3 is 25.3 Å². The van der Waals surface area contributed by atoms with E-state index in [2.05, 4.69) is 20.9 Å². The predicted molar refractivity (Wildman–Crippen MR) is 117 cm³/mol. The molecule has 3 rings (SSSR count). The van der Waals surface area contributed by atoms with E-state index in [1.54, 1.807) is 32.4 Å². The lowest BCUT2D eigenvalue weighted by atomic mass is 9.94. The minimum atomic E-state index is -1.59. The topological polar surface area (TPSA) is 131 Å². The number of aromatic nitrogens is 2. The zero-order valence-corrected chi connectivity index (χ0v) is 19.5. The van der Waals surface area contributed by atoms with Gasteiger partial charge in [-0.1, -0.05) is 12.8 Å². The van der Waals surface area contributed by atoms with Crippen molar-refractivity contribution in [3.8, 4) is 0 Å². The van der Waals surface area contributed by atoms with Gasteiger partial charge >= 0.3 is 6.09 Å². The van der Waals surface area contributed by atoms with E-state index in [4.69, 9.17) is 4.74 Å². The Labute approximate surface area is 192 Å². The Kier molecular flexibility index (Phi) is 6.80. The van der Waals surface area contributed by atoms with Crippen LogP contribution in [0.15, 0.2) is 12.5 Å². The molecule has 3 amide bonds. The number of alkyl carbamates (subject to hydrolysis) is 1. The van der Waals surface area contributed by atoms with Gasteiger partial charge in [-0.05, 0) is 46.5 Å². The summed E-state index contributed by atoms with van der Waals surface area (Å²) in [4.78, 5) is 54.5. The Morgan fingerprint density at radius 3 is 2.33 bits per heavy atom. The molecule has 2 fully saturated rings. The van der Waals surface area contributed by atoms with Crippen molar-refractivity contribution < 1.29 is 28.3 Å². The number of hydrogen-bond donors (Lipinski definition) is 3. The summed E-state index contributed by atoms with van der Waals surface area (Å²) >= 11 is 0. The van der Waals surface area contributed by atoms with Crippen molar-refractivity contribution in [2.75, 3.05) is 5.32 Å². The number of carbonyl (C=O) groups excluding carboxylic acids is 4. The molecular weight excluding hydrogens is 433 g/mol. The Morgan fingerprint density at radius 2 is 1.82 bits per heavy atom. The average molecular weight is 466 g/mol. The molecule has 0 unspecified atom stereocenters. The highest BCUT2D eigenvalue weighted by molar-refractivity contribution is 6.44. The van der Waals surface area contributed by atoms with Crippen molar-refractivity contribution in [3.05, 3.63) is 12.5 Å². The Hall–Kier alpha value is -2.98. The van der Waals surface area contributed by atoms with E-state index in [0.29, 0.717) is 25.7 Å². The molecule has 0 spiro atoms. The predicted octanol–water partition coefficient (Wildman–Crippen LogP) is 2.14. The molecule has 0 aromatic carbocycles.